The summed E-state index contributed by atoms with van der Waals surface area (Å²) in [5.41, 5.74) is 6.06. The molecule has 0 aromatic carbocycles. The van der Waals surface area contributed by atoms with Crippen LogP contribution in [0.1, 0.15) is 13.8 Å². The zero-order valence-electron chi connectivity index (χ0n) is 10.5. The number of nitrogens with one attached hydrogen (secondary N) is 1. The van der Waals surface area contributed by atoms with E-state index in [2.05, 4.69) is 10.3 Å². The number of ketones is 1. The standard InChI is InChI=1S/C12H14F3N3O/c1-7(2)9(6-10(19)12(13,14)15)18-8-4-3-5-17-11(8)16/h3-7,18H,1-2H3,(H2,16,17)/b9-6+. The van der Waals surface area contributed by atoms with E-state index in [4.69, 9.17) is 5.73 Å². The lowest BCUT2D eigenvalue weighted by molar-refractivity contribution is -0.165. The number of carbonyl (C=O) groups excluding carboxylic acids is 1. The first-order chi connectivity index (χ1) is 8.71. The summed E-state index contributed by atoms with van der Waals surface area (Å²) < 4.78 is 36.7. The summed E-state index contributed by atoms with van der Waals surface area (Å²) in [5.74, 6) is -2.06. The number of nitrogens with zero attached hydrogens (tertiary/aromatic N) is 1. The fraction of sp³-hybridized carbons (Fsp3) is 0.333. The first kappa shape index (κ1) is 15.0. The largest absolute Gasteiger partial charge is 0.454 e. The van der Waals surface area contributed by atoms with Crippen LogP contribution in [0.15, 0.2) is 30.1 Å². The molecule has 1 rings (SSSR count). The van der Waals surface area contributed by atoms with Gasteiger partial charge in [0.25, 0.3) is 5.78 Å². The molecule has 0 amide bonds. The molecule has 0 aliphatic carbocycles. The van der Waals surface area contributed by atoms with Crippen molar-refractivity contribution in [3.63, 3.8) is 0 Å². The van der Waals surface area contributed by atoms with Gasteiger partial charge in [-0.3, -0.25) is 4.79 Å². The fourth-order valence-electron chi connectivity index (χ4n) is 1.25. The summed E-state index contributed by atoms with van der Waals surface area (Å²) >= 11 is 0. The van der Waals surface area contributed by atoms with E-state index in [1.165, 1.54) is 6.20 Å². The van der Waals surface area contributed by atoms with Crippen LogP contribution in [0, 0.1) is 5.92 Å². The Morgan fingerprint density at radius 2 is 2.11 bits per heavy atom. The Morgan fingerprint density at radius 1 is 1.47 bits per heavy atom. The molecule has 0 fully saturated rings. The smallest absolute Gasteiger partial charge is 0.382 e. The number of allylic oxidation sites excluding steroid dienone is 2. The molecular formula is C12H14F3N3O. The molecule has 0 aliphatic heterocycles. The van der Waals surface area contributed by atoms with Crippen molar-refractivity contribution in [1.29, 1.82) is 0 Å². The highest BCUT2D eigenvalue weighted by atomic mass is 19.4. The van der Waals surface area contributed by atoms with E-state index in [0.29, 0.717) is 11.8 Å². The highest BCUT2D eigenvalue weighted by Gasteiger charge is 2.37. The van der Waals surface area contributed by atoms with Crippen molar-refractivity contribution in [2.24, 2.45) is 5.92 Å². The third kappa shape index (κ3) is 4.27. The molecule has 4 nitrogen and oxygen atoms in total. The van der Waals surface area contributed by atoms with E-state index in [1.54, 1.807) is 26.0 Å². The average Bonchev–Trinajstić information content (AvgIpc) is 2.29. The van der Waals surface area contributed by atoms with Crippen molar-refractivity contribution < 1.29 is 18.0 Å². The molecule has 19 heavy (non-hydrogen) atoms. The molecule has 7 heteroatoms. The van der Waals surface area contributed by atoms with Crippen LogP contribution >= 0.6 is 0 Å². The summed E-state index contributed by atoms with van der Waals surface area (Å²) in [7, 11) is 0. The molecule has 104 valence electrons. The highest BCUT2D eigenvalue weighted by Crippen LogP contribution is 2.23. The van der Waals surface area contributed by atoms with E-state index in [9.17, 15) is 18.0 Å². The van der Waals surface area contributed by atoms with Crippen LogP contribution in [0.2, 0.25) is 0 Å². The second kappa shape index (κ2) is 5.73. The van der Waals surface area contributed by atoms with Crippen molar-refractivity contribution in [3.8, 4) is 0 Å². The number of aromatic nitrogens is 1. The van der Waals surface area contributed by atoms with Gasteiger partial charge in [-0.1, -0.05) is 13.8 Å². The number of nitrogens with two attached hydrogens (primary N) is 1. The van der Waals surface area contributed by atoms with Crippen LogP contribution in [-0.4, -0.2) is 16.9 Å². The Hall–Kier alpha value is -2.05. The predicted molar refractivity (Wildman–Crippen MR) is 66.3 cm³/mol. The van der Waals surface area contributed by atoms with Gasteiger partial charge in [0, 0.05) is 18.0 Å². The topological polar surface area (TPSA) is 68.0 Å². The van der Waals surface area contributed by atoms with Crippen molar-refractivity contribution in [2.75, 3.05) is 11.1 Å². The first-order valence-electron chi connectivity index (χ1n) is 5.52. The van der Waals surface area contributed by atoms with E-state index < -0.39 is 12.0 Å². The SMILES string of the molecule is CC(C)/C(=C\C(=O)C(F)(F)F)Nc1cccnc1N. The summed E-state index contributed by atoms with van der Waals surface area (Å²) in [6.07, 6.45) is -2.89. The molecule has 0 aliphatic rings. The Balaban J connectivity index is 3.01. The second-order valence-electron chi connectivity index (χ2n) is 4.18. The number of anilines is 2. The lowest BCUT2D eigenvalue weighted by atomic mass is 10.1. The molecule has 0 spiro atoms. The summed E-state index contributed by atoms with van der Waals surface area (Å²) in [4.78, 5) is 14.8. The first-order valence-corrected chi connectivity index (χ1v) is 5.52. The quantitative estimate of drug-likeness (QED) is 0.828. The Labute approximate surface area is 108 Å². The number of rotatable bonds is 4. The molecule has 0 saturated heterocycles. The summed E-state index contributed by atoms with van der Waals surface area (Å²) in [5, 5.41) is 2.70. The number of carbonyl (C=O) groups is 1. The molecule has 0 radical (unpaired) electrons. The van der Waals surface area contributed by atoms with Crippen molar-refractivity contribution >= 4 is 17.3 Å². The summed E-state index contributed by atoms with van der Waals surface area (Å²) in [6, 6.07) is 3.15. The number of hydrogen-bond acceptors (Lipinski definition) is 4. The molecule has 3 N–H and O–H groups in total. The van der Waals surface area contributed by atoms with Gasteiger partial charge in [-0.25, -0.2) is 4.98 Å². The average molecular weight is 273 g/mol. The molecule has 0 saturated carbocycles. The molecular weight excluding hydrogens is 259 g/mol. The predicted octanol–water partition coefficient (Wildman–Crippen LogP) is 2.75. The molecule has 0 unspecified atom stereocenters. The molecule has 0 bridgehead atoms. The van der Waals surface area contributed by atoms with Crippen LogP contribution in [-0.2, 0) is 4.79 Å². The zero-order valence-corrected chi connectivity index (χ0v) is 10.5. The van der Waals surface area contributed by atoms with Gasteiger partial charge >= 0.3 is 6.18 Å². The fourth-order valence-corrected chi connectivity index (χ4v) is 1.25. The number of nitrogen functional groups attached to an aromatic ring is 1. The van der Waals surface area contributed by atoms with Crippen LogP contribution in [0.4, 0.5) is 24.7 Å². The maximum Gasteiger partial charge on any atom is 0.454 e. The molecule has 1 aromatic heterocycles. The maximum absolute atomic E-state index is 12.2. The van der Waals surface area contributed by atoms with Gasteiger partial charge in [-0.15, -0.1) is 0 Å². The minimum atomic E-state index is -4.89. The molecule has 0 atom stereocenters. The van der Waals surface area contributed by atoms with Gasteiger partial charge < -0.3 is 11.1 Å². The monoisotopic (exact) mass is 273 g/mol. The summed E-state index contributed by atoms with van der Waals surface area (Å²) in [6.45, 7) is 3.32. The Bertz CT molecular complexity index is 495. The minimum Gasteiger partial charge on any atom is -0.382 e. The maximum atomic E-state index is 12.2. The van der Waals surface area contributed by atoms with Gasteiger partial charge in [0.2, 0.25) is 0 Å². The van der Waals surface area contributed by atoms with Gasteiger partial charge in [-0.2, -0.15) is 13.2 Å². The van der Waals surface area contributed by atoms with Crippen LogP contribution in [0.25, 0.3) is 0 Å². The van der Waals surface area contributed by atoms with E-state index >= 15 is 0 Å². The number of pyridine rings is 1. The number of alkyl halides is 3. The minimum absolute atomic E-state index is 0.127. The Morgan fingerprint density at radius 3 is 2.58 bits per heavy atom. The number of halogens is 3. The normalized spacial score (nSPS) is 12.6. The van der Waals surface area contributed by atoms with Gasteiger partial charge in [0.1, 0.15) is 5.82 Å². The lowest BCUT2D eigenvalue weighted by Gasteiger charge is -2.15. The van der Waals surface area contributed by atoms with E-state index in [-0.39, 0.29) is 17.4 Å². The molecule has 1 heterocycles. The van der Waals surface area contributed by atoms with Crippen molar-refractivity contribution in [2.45, 2.75) is 20.0 Å². The molecule has 1 aromatic rings. The number of hydrogen-bond donors (Lipinski definition) is 2. The van der Waals surface area contributed by atoms with Crippen LogP contribution in [0.5, 0.6) is 0 Å². The van der Waals surface area contributed by atoms with E-state index in [0.717, 1.165) is 0 Å². The van der Waals surface area contributed by atoms with Gasteiger partial charge in [-0.05, 0) is 18.1 Å². The Kier molecular flexibility index (Phi) is 4.52. The van der Waals surface area contributed by atoms with Crippen molar-refractivity contribution in [1.82, 2.24) is 4.98 Å². The van der Waals surface area contributed by atoms with Crippen LogP contribution < -0.4 is 11.1 Å². The highest BCUT2D eigenvalue weighted by molar-refractivity contribution is 5.95. The van der Waals surface area contributed by atoms with E-state index in [1.807, 2.05) is 0 Å². The van der Waals surface area contributed by atoms with Gasteiger partial charge in [0.05, 0.1) is 5.69 Å². The lowest BCUT2D eigenvalue weighted by Crippen LogP contribution is -2.22. The second-order valence-corrected chi connectivity index (χ2v) is 4.18. The van der Waals surface area contributed by atoms with Crippen LogP contribution in [0.3, 0.4) is 0 Å². The third-order valence-electron chi connectivity index (χ3n) is 2.31. The zero-order chi connectivity index (χ0) is 14.6. The van der Waals surface area contributed by atoms with Crippen molar-refractivity contribution in [3.05, 3.63) is 30.1 Å². The third-order valence-corrected chi connectivity index (χ3v) is 2.31. The van der Waals surface area contributed by atoms with Gasteiger partial charge in [0.15, 0.2) is 0 Å².